The minimum Gasteiger partial charge on any atom is -0.496 e. The third kappa shape index (κ3) is 4.84. The van der Waals surface area contributed by atoms with E-state index in [-0.39, 0.29) is 29.2 Å². The molecule has 1 saturated heterocycles. The van der Waals surface area contributed by atoms with E-state index < -0.39 is 9.84 Å². The minimum absolute atomic E-state index is 0.0361. The molecule has 0 saturated carbocycles. The number of ether oxygens (including phenoxy) is 1. The monoisotopic (exact) mass is 439 g/mol. The zero-order chi connectivity index (χ0) is 21.0. The van der Waals surface area contributed by atoms with E-state index in [0.717, 1.165) is 6.42 Å². The number of benzene rings is 1. The molecule has 3 rings (SSSR count). The second kappa shape index (κ2) is 9.04. The Kier molecular flexibility index (Phi) is 6.68. The predicted octanol–water partition coefficient (Wildman–Crippen LogP) is 1.19. The first-order valence-corrected chi connectivity index (χ1v) is 12.1. The van der Waals surface area contributed by atoms with Crippen LogP contribution < -0.4 is 10.6 Å². The van der Waals surface area contributed by atoms with Crippen LogP contribution in [-0.2, 0) is 14.6 Å². The van der Waals surface area contributed by atoms with Crippen LogP contribution >= 0.6 is 11.8 Å². The van der Waals surface area contributed by atoms with Crippen LogP contribution in [0.5, 0.6) is 5.75 Å². The molecule has 158 valence electrons. The van der Waals surface area contributed by atoms with Gasteiger partial charge in [0.1, 0.15) is 5.75 Å². The molecule has 1 fully saturated rings. The standard InChI is InChI=1S/C18H25N5O4S2/c1-3-9-22(13-8-10-29(25,26)12-13)16(24)11-28-18-21-20-17(23(18)19)14-6-4-5-7-15(14)27-2/h4-7,13H,3,8-12,19H2,1-2H3/t13-/m0/s1. The van der Waals surface area contributed by atoms with E-state index in [1.807, 2.05) is 25.1 Å². The number of hydrogen-bond donors (Lipinski definition) is 1. The van der Waals surface area contributed by atoms with Crippen LogP contribution in [-0.4, -0.2) is 71.1 Å². The summed E-state index contributed by atoms with van der Waals surface area (Å²) in [5, 5.41) is 8.63. The number of carbonyl (C=O) groups is 1. The van der Waals surface area contributed by atoms with Crippen molar-refractivity contribution in [2.45, 2.75) is 31.0 Å². The molecule has 0 aliphatic carbocycles. The zero-order valence-electron chi connectivity index (χ0n) is 16.4. The van der Waals surface area contributed by atoms with Crippen LogP contribution in [0.3, 0.4) is 0 Å². The SMILES string of the molecule is CCCN(C(=O)CSc1nnc(-c2ccccc2OC)n1N)[C@H]1CCS(=O)(=O)C1. The summed E-state index contributed by atoms with van der Waals surface area (Å²) in [6.07, 6.45) is 1.25. The van der Waals surface area contributed by atoms with Gasteiger partial charge >= 0.3 is 0 Å². The maximum absolute atomic E-state index is 12.8. The van der Waals surface area contributed by atoms with Gasteiger partial charge in [-0.25, -0.2) is 13.1 Å². The number of nitrogens with two attached hydrogens (primary N) is 1. The van der Waals surface area contributed by atoms with E-state index in [9.17, 15) is 13.2 Å². The van der Waals surface area contributed by atoms with Gasteiger partial charge in [0.15, 0.2) is 15.7 Å². The van der Waals surface area contributed by atoms with Crippen LogP contribution in [0.1, 0.15) is 19.8 Å². The second-order valence-electron chi connectivity index (χ2n) is 6.81. The Balaban J connectivity index is 1.71. The van der Waals surface area contributed by atoms with Crippen molar-refractivity contribution in [2.24, 2.45) is 0 Å². The highest BCUT2D eigenvalue weighted by molar-refractivity contribution is 7.99. The van der Waals surface area contributed by atoms with Gasteiger partial charge in [-0.3, -0.25) is 4.79 Å². The molecular formula is C18H25N5O4S2. The van der Waals surface area contributed by atoms with E-state index in [2.05, 4.69) is 10.2 Å². The molecule has 11 heteroatoms. The number of rotatable bonds is 8. The number of methoxy groups -OCH3 is 1. The molecule has 0 unspecified atom stereocenters. The number of sulfone groups is 1. The maximum atomic E-state index is 12.8. The van der Waals surface area contributed by atoms with Crippen LogP contribution in [0, 0.1) is 0 Å². The number of aromatic nitrogens is 3. The Morgan fingerprint density at radius 2 is 2.14 bits per heavy atom. The number of amides is 1. The first kappa shape index (κ1) is 21.4. The summed E-state index contributed by atoms with van der Waals surface area (Å²) in [5.41, 5.74) is 0.701. The quantitative estimate of drug-likeness (QED) is 0.481. The second-order valence-corrected chi connectivity index (χ2v) is 9.98. The first-order chi connectivity index (χ1) is 13.9. The molecule has 1 amide bonds. The Morgan fingerprint density at radius 3 is 2.79 bits per heavy atom. The molecule has 0 spiro atoms. The van der Waals surface area contributed by atoms with Crippen molar-refractivity contribution in [3.8, 4) is 17.1 Å². The van der Waals surface area contributed by atoms with Gasteiger partial charge in [-0.1, -0.05) is 30.8 Å². The normalized spacial score (nSPS) is 17.9. The van der Waals surface area contributed by atoms with Crippen molar-refractivity contribution < 1.29 is 17.9 Å². The lowest BCUT2D eigenvalue weighted by atomic mass is 10.2. The molecule has 29 heavy (non-hydrogen) atoms. The van der Waals surface area contributed by atoms with Crippen LogP contribution in [0.4, 0.5) is 0 Å². The highest BCUT2D eigenvalue weighted by atomic mass is 32.2. The van der Waals surface area contributed by atoms with E-state index in [0.29, 0.717) is 35.3 Å². The van der Waals surface area contributed by atoms with Crippen molar-refractivity contribution in [3.05, 3.63) is 24.3 Å². The lowest BCUT2D eigenvalue weighted by Crippen LogP contribution is -2.42. The number of nitrogens with zero attached hydrogens (tertiary/aromatic N) is 4. The van der Waals surface area contributed by atoms with Gasteiger partial charge in [-0.2, -0.15) is 0 Å². The van der Waals surface area contributed by atoms with Gasteiger partial charge < -0.3 is 15.5 Å². The largest absolute Gasteiger partial charge is 0.496 e. The summed E-state index contributed by atoms with van der Waals surface area (Å²) in [4.78, 5) is 14.5. The van der Waals surface area contributed by atoms with Crippen LogP contribution in [0.25, 0.3) is 11.4 Å². The lowest BCUT2D eigenvalue weighted by molar-refractivity contribution is -0.130. The van der Waals surface area contributed by atoms with E-state index >= 15 is 0 Å². The Morgan fingerprint density at radius 1 is 1.38 bits per heavy atom. The average molecular weight is 440 g/mol. The molecule has 1 aliphatic rings. The Labute approximate surface area is 174 Å². The molecule has 2 N–H and O–H groups in total. The predicted molar refractivity (Wildman–Crippen MR) is 112 cm³/mol. The van der Waals surface area contributed by atoms with Gasteiger partial charge in [0.2, 0.25) is 11.1 Å². The summed E-state index contributed by atoms with van der Waals surface area (Å²) in [5.74, 6) is 7.36. The highest BCUT2D eigenvalue weighted by Gasteiger charge is 2.34. The summed E-state index contributed by atoms with van der Waals surface area (Å²) in [6, 6.07) is 7.07. The van der Waals surface area contributed by atoms with Gasteiger partial charge in [-0.15, -0.1) is 10.2 Å². The van der Waals surface area contributed by atoms with Crippen molar-refractivity contribution in [1.82, 2.24) is 19.8 Å². The maximum Gasteiger partial charge on any atom is 0.233 e. The highest BCUT2D eigenvalue weighted by Crippen LogP contribution is 2.29. The van der Waals surface area contributed by atoms with E-state index in [4.69, 9.17) is 10.6 Å². The van der Waals surface area contributed by atoms with Gasteiger partial charge in [0.05, 0.1) is 29.9 Å². The molecule has 0 bridgehead atoms. The number of hydrogen-bond acceptors (Lipinski definition) is 8. The van der Waals surface area contributed by atoms with Gasteiger partial charge in [-0.05, 0) is 25.0 Å². The molecule has 0 radical (unpaired) electrons. The fourth-order valence-electron chi connectivity index (χ4n) is 3.37. The molecule has 2 heterocycles. The van der Waals surface area contributed by atoms with Gasteiger partial charge in [0.25, 0.3) is 0 Å². The summed E-state index contributed by atoms with van der Waals surface area (Å²) < 4.78 is 30.3. The van der Waals surface area contributed by atoms with E-state index in [1.54, 1.807) is 18.1 Å². The van der Waals surface area contributed by atoms with Crippen molar-refractivity contribution in [3.63, 3.8) is 0 Å². The summed E-state index contributed by atoms with van der Waals surface area (Å²) >= 11 is 1.18. The fraction of sp³-hybridized carbons (Fsp3) is 0.500. The number of para-hydroxylation sites is 1. The first-order valence-electron chi connectivity index (χ1n) is 9.33. The molecule has 1 aromatic heterocycles. The van der Waals surface area contributed by atoms with Crippen molar-refractivity contribution in [1.29, 1.82) is 0 Å². The van der Waals surface area contributed by atoms with Crippen molar-refractivity contribution in [2.75, 3.05) is 36.8 Å². The van der Waals surface area contributed by atoms with Gasteiger partial charge in [0, 0.05) is 12.6 Å². The third-order valence-electron chi connectivity index (χ3n) is 4.77. The zero-order valence-corrected chi connectivity index (χ0v) is 18.1. The fourth-order valence-corrected chi connectivity index (χ4v) is 5.84. The molecule has 2 aromatic rings. The topological polar surface area (TPSA) is 120 Å². The molecular weight excluding hydrogens is 414 g/mol. The molecule has 1 aliphatic heterocycles. The average Bonchev–Trinajstić information content (AvgIpc) is 3.25. The number of carbonyl (C=O) groups excluding carboxylic acids is 1. The summed E-state index contributed by atoms with van der Waals surface area (Å²) in [7, 11) is -1.49. The van der Waals surface area contributed by atoms with Crippen LogP contribution in [0.15, 0.2) is 29.4 Å². The van der Waals surface area contributed by atoms with Crippen LogP contribution in [0.2, 0.25) is 0 Å². The number of nitrogen functional groups attached to an aromatic ring is 1. The molecule has 9 nitrogen and oxygen atoms in total. The minimum atomic E-state index is -3.06. The lowest BCUT2D eigenvalue weighted by Gasteiger charge is -2.27. The third-order valence-corrected chi connectivity index (χ3v) is 7.45. The Hall–Kier alpha value is -2.27. The summed E-state index contributed by atoms with van der Waals surface area (Å²) in [6.45, 7) is 2.49. The number of thioether (sulfide) groups is 1. The molecule has 1 aromatic carbocycles. The van der Waals surface area contributed by atoms with E-state index in [1.165, 1.54) is 16.4 Å². The Bertz CT molecular complexity index is 976. The van der Waals surface area contributed by atoms with Crippen molar-refractivity contribution >= 4 is 27.5 Å². The molecule has 1 atom stereocenters. The smallest absolute Gasteiger partial charge is 0.233 e.